The van der Waals surface area contributed by atoms with E-state index in [-0.39, 0.29) is 19.0 Å². The highest BCUT2D eigenvalue weighted by molar-refractivity contribution is 5.89. The van der Waals surface area contributed by atoms with Crippen molar-refractivity contribution >= 4 is 23.8 Å². The van der Waals surface area contributed by atoms with E-state index in [0.29, 0.717) is 0 Å². The molecule has 0 rings (SSSR count). The topological polar surface area (TPSA) is 133 Å². The normalized spacial score (nSPS) is 11.3. The van der Waals surface area contributed by atoms with Gasteiger partial charge in [0.1, 0.15) is 12.6 Å². The van der Waals surface area contributed by atoms with Gasteiger partial charge in [0.25, 0.3) is 0 Å². The van der Waals surface area contributed by atoms with Crippen molar-refractivity contribution in [1.82, 2.24) is 15.1 Å². The molecule has 114 valence electrons. The number of carboxylic acid groups (broad SMARTS) is 1. The minimum absolute atomic E-state index is 0.182. The summed E-state index contributed by atoms with van der Waals surface area (Å²) in [7, 11) is 3.09. The van der Waals surface area contributed by atoms with Crippen molar-refractivity contribution in [2.24, 2.45) is 5.73 Å². The number of carboxylic acids is 1. The van der Waals surface area contributed by atoms with Crippen molar-refractivity contribution in [3.63, 3.8) is 0 Å². The van der Waals surface area contributed by atoms with Gasteiger partial charge in [0.2, 0.25) is 11.8 Å². The van der Waals surface area contributed by atoms with Gasteiger partial charge in [-0.1, -0.05) is 0 Å². The lowest BCUT2D eigenvalue weighted by Crippen LogP contribution is -2.51. The van der Waals surface area contributed by atoms with E-state index in [1.54, 1.807) is 21.0 Å². The highest BCUT2D eigenvalue weighted by Gasteiger charge is 2.25. The summed E-state index contributed by atoms with van der Waals surface area (Å²) in [4.78, 5) is 47.5. The summed E-state index contributed by atoms with van der Waals surface area (Å²) in [6.45, 7) is 1.68. The summed E-state index contributed by atoms with van der Waals surface area (Å²) in [5.41, 5.74) is 4.91. The number of nitrogens with zero attached hydrogens (tertiary/aromatic N) is 2. The lowest BCUT2D eigenvalue weighted by atomic mass is 10.2. The molecule has 0 unspecified atom stereocenters. The minimum atomic E-state index is -1.41. The van der Waals surface area contributed by atoms with Crippen molar-refractivity contribution in [1.29, 1.82) is 0 Å². The Morgan fingerprint density at radius 3 is 2.15 bits per heavy atom. The number of rotatable bonds is 7. The van der Waals surface area contributed by atoms with Crippen LogP contribution in [0.25, 0.3) is 0 Å². The van der Waals surface area contributed by atoms with E-state index in [9.17, 15) is 19.2 Å². The molecule has 1 atom stereocenters. The maximum atomic E-state index is 11.9. The van der Waals surface area contributed by atoms with Crippen LogP contribution < -0.4 is 11.1 Å². The van der Waals surface area contributed by atoms with Gasteiger partial charge in [-0.15, -0.1) is 0 Å². The quantitative estimate of drug-likeness (QED) is 0.520. The molecule has 0 spiro atoms. The first-order chi connectivity index (χ1) is 9.18. The van der Waals surface area contributed by atoms with Crippen molar-refractivity contribution in [2.45, 2.75) is 19.4 Å². The first-order valence-electron chi connectivity index (χ1n) is 5.95. The van der Waals surface area contributed by atoms with Crippen molar-refractivity contribution < 1.29 is 24.3 Å². The van der Waals surface area contributed by atoms with Gasteiger partial charge in [0.15, 0.2) is 0 Å². The highest BCUT2D eigenvalue weighted by Crippen LogP contribution is 1.97. The van der Waals surface area contributed by atoms with Crippen molar-refractivity contribution in [3.05, 3.63) is 0 Å². The van der Waals surface area contributed by atoms with E-state index in [2.05, 4.69) is 5.32 Å². The standard InChI is InChI=1S/C11H20N4O5/c1-4-15(6-9(17)14(2)3)11(20)13-7(10(18)19)5-8(12)16/h7H,4-6H2,1-3H3,(H2,12,16)(H,13,20)(H,18,19)/t7-/m0/s1. The average molecular weight is 288 g/mol. The second-order valence-corrected chi connectivity index (χ2v) is 4.31. The van der Waals surface area contributed by atoms with Crippen LogP contribution in [0.4, 0.5) is 4.79 Å². The number of likely N-dealkylation sites (N-methyl/N-ethyl adjacent to an activating group) is 2. The number of hydrogen-bond donors (Lipinski definition) is 3. The molecule has 0 aromatic carbocycles. The van der Waals surface area contributed by atoms with Crippen molar-refractivity contribution in [3.8, 4) is 0 Å². The zero-order valence-corrected chi connectivity index (χ0v) is 11.8. The Balaban J connectivity index is 4.70. The fourth-order valence-corrected chi connectivity index (χ4v) is 1.27. The number of primary amides is 1. The molecule has 0 heterocycles. The van der Waals surface area contributed by atoms with Gasteiger partial charge >= 0.3 is 12.0 Å². The SMILES string of the molecule is CCN(CC(=O)N(C)C)C(=O)N[C@@H](CC(N)=O)C(=O)O. The average Bonchev–Trinajstić information content (AvgIpc) is 2.33. The number of carbonyl (C=O) groups is 4. The van der Waals surface area contributed by atoms with Crippen LogP contribution in [0.3, 0.4) is 0 Å². The van der Waals surface area contributed by atoms with E-state index < -0.39 is 30.4 Å². The second-order valence-electron chi connectivity index (χ2n) is 4.31. The molecule has 0 bridgehead atoms. The summed E-state index contributed by atoms with van der Waals surface area (Å²) in [6.07, 6.45) is -0.514. The van der Waals surface area contributed by atoms with Crippen LogP contribution in [0.15, 0.2) is 0 Å². The molecule has 0 aliphatic heterocycles. The summed E-state index contributed by atoms with van der Waals surface area (Å²) in [5.74, 6) is -2.51. The summed E-state index contributed by atoms with van der Waals surface area (Å²) < 4.78 is 0. The van der Waals surface area contributed by atoms with Crippen LogP contribution in [0.2, 0.25) is 0 Å². The number of carbonyl (C=O) groups excluding carboxylic acids is 3. The number of nitrogens with two attached hydrogens (primary N) is 1. The largest absolute Gasteiger partial charge is 0.480 e. The van der Waals surface area contributed by atoms with Crippen LogP contribution in [0.5, 0.6) is 0 Å². The van der Waals surface area contributed by atoms with E-state index in [1.165, 1.54) is 4.90 Å². The molecule has 4 N–H and O–H groups in total. The molecule has 0 saturated carbocycles. The summed E-state index contributed by atoms with van der Waals surface area (Å²) in [6, 6.07) is -2.15. The third-order valence-corrected chi connectivity index (χ3v) is 2.49. The van der Waals surface area contributed by atoms with E-state index in [4.69, 9.17) is 10.8 Å². The van der Waals surface area contributed by atoms with Crippen LogP contribution in [0, 0.1) is 0 Å². The molecule has 9 nitrogen and oxygen atoms in total. The van der Waals surface area contributed by atoms with Gasteiger partial charge in [-0.25, -0.2) is 9.59 Å². The third-order valence-electron chi connectivity index (χ3n) is 2.49. The number of amides is 4. The zero-order valence-electron chi connectivity index (χ0n) is 11.8. The molecular formula is C11H20N4O5. The predicted octanol–water partition coefficient (Wildman–Crippen LogP) is -1.57. The Morgan fingerprint density at radius 2 is 1.80 bits per heavy atom. The molecule has 4 amide bonds. The molecule has 20 heavy (non-hydrogen) atoms. The smallest absolute Gasteiger partial charge is 0.326 e. The third kappa shape index (κ3) is 6.03. The monoisotopic (exact) mass is 288 g/mol. The van der Waals surface area contributed by atoms with E-state index in [1.807, 2.05) is 0 Å². The highest BCUT2D eigenvalue weighted by atomic mass is 16.4. The Hall–Kier alpha value is -2.32. The van der Waals surface area contributed by atoms with Crippen LogP contribution in [-0.4, -0.2) is 71.9 Å². The van der Waals surface area contributed by atoms with Crippen LogP contribution in [-0.2, 0) is 14.4 Å². The summed E-state index contributed by atoms with van der Waals surface area (Å²) >= 11 is 0. The van der Waals surface area contributed by atoms with Gasteiger partial charge in [-0.2, -0.15) is 0 Å². The first kappa shape index (κ1) is 17.7. The number of nitrogens with one attached hydrogen (secondary N) is 1. The fraction of sp³-hybridized carbons (Fsp3) is 0.636. The van der Waals surface area contributed by atoms with Gasteiger partial charge in [0, 0.05) is 20.6 Å². The van der Waals surface area contributed by atoms with Gasteiger partial charge in [-0.3, -0.25) is 9.59 Å². The second kappa shape index (κ2) is 7.97. The minimum Gasteiger partial charge on any atom is -0.480 e. The molecule has 0 aromatic heterocycles. The molecule has 9 heteroatoms. The summed E-state index contributed by atoms with van der Waals surface area (Å²) in [5, 5.41) is 11.0. The Labute approximate surface area is 116 Å². The predicted molar refractivity (Wildman–Crippen MR) is 69.7 cm³/mol. The maximum absolute atomic E-state index is 11.9. The number of hydrogen-bond acceptors (Lipinski definition) is 4. The lowest BCUT2D eigenvalue weighted by Gasteiger charge is -2.24. The fourth-order valence-electron chi connectivity index (χ4n) is 1.27. The maximum Gasteiger partial charge on any atom is 0.326 e. The van der Waals surface area contributed by atoms with Gasteiger partial charge in [0.05, 0.1) is 6.42 Å². The van der Waals surface area contributed by atoms with E-state index >= 15 is 0 Å². The van der Waals surface area contributed by atoms with Crippen LogP contribution in [0.1, 0.15) is 13.3 Å². The molecule has 0 radical (unpaired) electrons. The first-order valence-corrected chi connectivity index (χ1v) is 5.95. The molecule has 0 saturated heterocycles. The lowest BCUT2D eigenvalue weighted by molar-refractivity contribution is -0.140. The molecule has 0 fully saturated rings. The Morgan fingerprint density at radius 1 is 1.25 bits per heavy atom. The Kier molecular flexibility index (Phi) is 7.05. The van der Waals surface area contributed by atoms with Gasteiger partial charge < -0.3 is 26.0 Å². The molecule has 0 aliphatic carbocycles. The van der Waals surface area contributed by atoms with Gasteiger partial charge in [-0.05, 0) is 6.92 Å². The Bertz CT molecular complexity index is 396. The van der Waals surface area contributed by atoms with Crippen LogP contribution >= 0.6 is 0 Å². The number of aliphatic carboxylic acids is 1. The number of urea groups is 1. The molecule has 0 aliphatic rings. The van der Waals surface area contributed by atoms with E-state index in [0.717, 1.165) is 4.90 Å². The molecular weight excluding hydrogens is 268 g/mol. The molecule has 0 aromatic rings. The zero-order chi connectivity index (χ0) is 15.9. The van der Waals surface area contributed by atoms with Crippen molar-refractivity contribution in [2.75, 3.05) is 27.2 Å².